The van der Waals surface area contributed by atoms with Gasteiger partial charge in [-0.2, -0.15) is 0 Å². The van der Waals surface area contributed by atoms with Crippen molar-refractivity contribution in [2.75, 3.05) is 19.8 Å². The number of ether oxygens (including phenoxy) is 13. The van der Waals surface area contributed by atoms with Crippen molar-refractivity contribution < 1.29 is 207 Å². The number of carboxylic acid groups (broad SMARTS) is 3. The van der Waals surface area contributed by atoms with Gasteiger partial charge in [-0.1, -0.05) is 12.2 Å². The third kappa shape index (κ3) is 20.4. The van der Waals surface area contributed by atoms with Gasteiger partial charge < -0.3 is 174 Å². The Morgan fingerprint density at radius 2 is 0.972 bits per heavy atom. The molecule has 4 saturated carbocycles. The van der Waals surface area contributed by atoms with Gasteiger partial charge in [-0.15, -0.1) is 0 Å². The molecule has 42 heteroatoms. The summed E-state index contributed by atoms with van der Waals surface area (Å²) in [6.07, 6.45) is -61.9. The van der Waals surface area contributed by atoms with Gasteiger partial charge in [0.05, 0.1) is 73.8 Å². The highest BCUT2D eigenvalue weighted by Crippen LogP contribution is 2.46. The zero-order chi connectivity index (χ0) is 77.6. The predicted molar refractivity (Wildman–Crippen MR) is 330 cm³/mol. The second kappa shape index (κ2) is 37.1. The van der Waals surface area contributed by atoms with Crippen LogP contribution in [0.1, 0.15) is 77.0 Å². The lowest BCUT2D eigenvalue weighted by Crippen LogP contribution is -2.66. The van der Waals surface area contributed by atoms with Crippen LogP contribution in [-0.4, -0.2) is 382 Å². The van der Waals surface area contributed by atoms with Crippen LogP contribution in [0.15, 0.2) is 24.3 Å². The number of hydrogen-bond acceptors (Lipinski definition) is 39. The summed E-state index contributed by atoms with van der Waals surface area (Å²) in [5.41, 5.74) is 0. The van der Waals surface area contributed by atoms with E-state index >= 15 is 0 Å². The van der Waals surface area contributed by atoms with Crippen molar-refractivity contribution in [1.29, 1.82) is 0 Å². The molecule has 42 nitrogen and oxygen atoms in total. The minimum atomic E-state index is -2.82. The molecular formula is C64H94O42. The molecule has 4 aliphatic carbocycles. The van der Waals surface area contributed by atoms with Crippen molar-refractivity contribution in [3.8, 4) is 0 Å². The summed E-state index contributed by atoms with van der Waals surface area (Å²) in [4.78, 5) is 87.4. The average Bonchev–Trinajstić information content (AvgIpc) is 0.763. The molecule has 38 atom stereocenters. The van der Waals surface area contributed by atoms with Gasteiger partial charge >= 0.3 is 41.8 Å². The molecule has 9 rings (SSSR count). The van der Waals surface area contributed by atoms with Crippen LogP contribution in [0.4, 0.5) is 0 Å². The van der Waals surface area contributed by atoms with E-state index in [0.29, 0.717) is 12.8 Å². The summed E-state index contributed by atoms with van der Waals surface area (Å²) in [6, 6.07) is 0. The molecule has 0 spiro atoms. The second-order valence-corrected chi connectivity index (χ2v) is 28.1. The molecule has 5 aliphatic heterocycles. The first-order valence-corrected chi connectivity index (χ1v) is 34.6. The Hall–Kier alpha value is -5.35. The van der Waals surface area contributed by atoms with Gasteiger partial charge in [-0.05, 0) is 75.5 Å². The topological polar surface area (TPSA) is 685 Å². The van der Waals surface area contributed by atoms with E-state index in [4.69, 9.17) is 61.9 Å². The van der Waals surface area contributed by atoms with Gasteiger partial charge in [0.2, 0.25) is 6.10 Å². The normalized spacial score (nSPS) is 45.0. The fraction of sp³-hybridized carbons (Fsp3) is 0.828. The molecule has 106 heavy (non-hydrogen) atoms. The number of aliphatic carboxylic acids is 3. The van der Waals surface area contributed by atoms with Gasteiger partial charge in [0, 0.05) is 30.9 Å². The van der Waals surface area contributed by atoms with Crippen LogP contribution in [0.2, 0.25) is 0 Å². The number of rotatable bonds is 26. The highest BCUT2D eigenvalue weighted by Gasteiger charge is 2.58. The smallest absolute Gasteiger partial charge is 0.348 e. The van der Waals surface area contributed by atoms with Gasteiger partial charge in [-0.3, -0.25) is 9.59 Å². The number of aliphatic hydroxyl groups excluding tert-OH is 19. The first-order chi connectivity index (χ1) is 50.0. The molecule has 9 aliphatic rings. The van der Waals surface area contributed by atoms with Gasteiger partial charge in [-0.25, -0.2) is 24.0 Å². The van der Waals surface area contributed by atoms with Crippen LogP contribution in [0.5, 0.6) is 0 Å². The summed E-state index contributed by atoms with van der Waals surface area (Å²) in [5.74, 6) is -14.8. The number of fused-ring (bicyclic) bond motifs is 1. The lowest BCUT2D eigenvalue weighted by Gasteiger charge is -2.53. The summed E-state index contributed by atoms with van der Waals surface area (Å²) in [7, 11) is 0. The van der Waals surface area contributed by atoms with Crippen LogP contribution in [0, 0.1) is 23.7 Å². The Labute approximate surface area is 600 Å². The summed E-state index contributed by atoms with van der Waals surface area (Å²) in [5, 5.41) is 236. The minimum absolute atomic E-state index is 0.0160. The number of aliphatic hydroxyl groups is 19. The molecule has 5 heterocycles. The highest BCUT2D eigenvalue weighted by molar-refractivity contribution is 5.93. The highest BCUT2D eigenvalue weighted by atomic mass is 16.8. The number of esters is 4. The Kier molecular flexibility index (Phi) is 29.6. The molecule has 0 aromatic heterocycles. The quantitative estimate of drug-likeness (QED) is 0.0165. The van der Waals surface area contributed by atoms with Crippen LogP contribution < -0.4 is 0 Å². The first-order valence-electron chi connectivity index (χ1n) is 34.6. The zero-order valence-electron chi connectivity index (χ0n) is 56.4. The lowest BCUT2D eigenvalue weighted by molar-refractivity contribution is -0.380. The monoisotopic (exact) mass is 1530 g/mol. The Morgan fingerprint density at radius 3 is 1.57 bits per heavy atom. The van der Waals surface area contributed by atoms with E-state index in [2.05, 4.69) is 4.74 Å². The standard InChI is InChI=1S/C64H94O42/c65-17-34-42(77)47(82)56(103-38(73)8-4-21-2-6-26(67)29(70)10-21)64(100-34)106-57-48(83)44(79)36(19-95-39(74)16-40(75)104-55(60(92)93)52(87)58(88)89)102-63(57)99-33-15-24-27(68)13-23(96-61-50(85)45(80)43(78)35(101-61)18-94-37(72)7-3-20-1-5-25(66)28(69)9-20)14-31(24)97-53(33)22-11-30(71)41(76)32(12-22)98-62-51(86)46(81)49(84)54(105-62)59(90)91/h3-4,7-8,20-36,41-57,61-71,76-87H,1-2,5-6,9-19H2,(H,88,89)(H,90,91)(H,92,93)/t20?,21?,22?,23?,24?,25?,26?,27?,28?,29?,30?,31?,32?,33?,34-,35-,36+,41?,42-,43-,44-,45+,46-,47+,48+,49+,50-,51+,52+,53?,54+,55-,56-,57-,61-,62-,63-,64+/m0/s1. The maximum absolute atomic E-state index is 13.6. The average molecular weight is 1540 g/mol. The fourth-order valence-corrected chi connectivity index (χ4v) is 14.7. The Morgan fingerprint density at radius 1 is 0.434 bits per heavy atom. The van der Waals surface area contributed by atoms with Gasteiger partial charge in [0.15, 0.2) is 43.5 Å². The molecule has 0 aromatic carbocycles. The largest absolute Gasteiger partial charge is 0.479 e. The Bertz CT molecular complexity index is 3020. The van der Waals surface area contributed by atoms with Crippen LogP contribution >= 0.6 is 0 Å². The van der Waals surface area contributed by atoms with E-state index in [-0.39, 0.29) is 44.4 Å². The number of allylic oxidation sites excluding steroid dienone is 2. The first kappa shape index (κ1) is 84.7. The van der Waals surface area contributed by atoms with Crippen LogP contribution in [0.3, 0.4) is 0 Å². The van der Waals surface area contributed by atoms with Crippen LogP contribution in [0.25, 0.3) is 0 Å². The molecule has 0 aromatic rings. The second-order valence-electron chi connectivity index (χ2n) is 28.1. The van der Waals surface area contributed by atoms with E-state index in [1.165, 1.54) is 12.2 Å². The van der Waals surface area contributed by atoms with Crippen molar-refractivity contribution in [2.24, 2.45) is 23.7 Å². The molecule has 0 radical (unpaired) electrons. The minimum Gasteiger partial charge on any atom is -0.479 e. The molecule has 9 fully saturated rings. The van der Waals surface area contributed by atoms with E-state index < -0.39 is 313 Å². The van der Waals surface area contributed by atoms with Crippen molar-refractivity contribution >= 4 is 41.8 Å². The third-order valence-corrected chi connectivity index (χ3v) is 20.7. The maximum Gasteiger partial charge on any atom is 0.348 e. The summed E-state index contributed by atoms with van der Waals surface area (Å²) >= 11 is 0. The molecule has 22 N–H and O–H groups in total. The lowest BCUT2D eigenvalue weighted by atomic mass is 9.72. The summed E-state index contributed by atoms with van der Waals surface area (Å²) in [6.45, 7) is -2.98. The van der Waals surface area contributed by atoms with Gasteiger partial charge in [0.1, 0.15) is 111 Å². The predicted octanol–water partition coefficient (Wildman–Crippen LogP) is -10.8. The zero-order valence-corrected chi connectivity index (χ0v) is 56.4. The molecule has 5 saturated heterocycles. The molecule has 16 unspecified atom stereocenters. The van der Waals surface area contributed by atoms with Crippen molar-refractivity contribution in [2.45, 2.75) is 285 Å². The van der Waals surface area contributed by atoms with E-state index in [1.807, 2.05) is 0 Å². The number of hydrogen-bond donors (Lipinski definition) is 22. The van der Waals surface area contributed by atoms with Crippen molar-refractivity contribution in [1.82, 2.24) is 0 Å². The molecular weight excluding hydrogens is 1440 g/mol. The number of carbonyl (C=O) groups is 7. The van der Waals surface area contributed by atoms with Crippen LogP contribution in [-0.2, 0) is 95.1 Å². The fourth-order valence-electron chi connectivity index (χ4n) is 14.7. The maximum atomic E-state index is 13.6. The SMILES string of the molecule is O=C(C=CC1CCC(O)C(O)C1)OC[C@@H]1O[C@H](OC2CC(O)C3CC(O[C@H]4O[C@H](COC(=O)CC(=O)O[C@H](C(=O)O)[C@@H](O)C(=O)O)[C@H](O)[C@@H](O)[C@@H]4O[C@H]4O[C@@H](CO)[C@H](O)[C@@H](O)[C@@H]4OC(=O)C=CC4CCC(O)C(O)C4)C(C4CC(O)C(O)C(O[C@H]5O[C@@H](C(=O)O)[C@H](O)[C@H](O)[C@H]5O)C4)OC3C2)[C@@H](O)[C@H](O)[C@H]1O. The Balaban J connectivity index is 1.01. The van der Waals surface area contributed by atoms with E-state index in [9.17, 15) is 141 Å². The van der Waals surface area contributed by atoms with Gasteiger partial charge in [0.25, 0.3) is 0 Å². The summed E-state index contributed by atoms with van der Waals surface area (Å²) < 4.78 is 75.5. The molecule has 0 bridgehead atoms. The van der Waals surface area contributed by atoms with Crippen molar-refractivity contribution in [3.63, 3.8) is 0 Å². The van der Waals surface area contributed by atoms with E-state index in [0.717, 1.165) is 12.2 Å². The number of carboxylic acids is 3. The molecule has 0 amide bonds. The number of carbonyl (C=O) groups excluding carboxylic acids is 4. The van der Waals surface area contributed by atoms with Crippen molar-refractivity contribution in [3.05, 3.63) is 24.3 Å². The van der Waals surface area contributed by atoms with E-state index in [1.54, 1.807) is 0 Å². The molecule has 602 valence electrons. The third-order valence-electron chi connectivity index (χ3n) is 20.7.